The zero-order valence-electron chi connectivity index (χ0n) is 15.8. The van der Waals surface area contributed by atoms with E-state index in [0.717, 1.165) is 48.9 Å². The van der Waals surface area contributed by atoms with E-state index in [-0.39, 0.29) is 11.6 Å². The maximum atomic E-state index is 10.1. The molecule has 0 aromatic carbocycles. The molecule has 0 radical (unpaired) electrons. The van der Waals surface area contributed by atoms with Crippen LogP contribution < -0.4 is 16.0 Å². The first-order chi connectivity index (χ1) is 13.4. The van der Waals surface area contributed by atoms with Crippen molar-refractivity contribution in [2.45, 2.75) is 43.9 Å². The van der Waals surface area contributed by atoms with Crippen molar-refractivity contribution in [3.05, 3.63) is 17.3 Å². The maximum Gasteiger partial charge on any atom is 0.237 e. The zero-order chi connectivity index (χ0) is 19.7. The number of halogens is 1. The number of anilines is 2. The molecule has 2 fully saturated rings. The number of hydrogen-bond acceptors (Lipinski definition) is 9. The van der Waals surface area contributed by atoms with Crippen LogP contribution in [0.1, 0.15) is 26.2 Å². The lowest BCUT2D eigenvalue weighted by Crippen LogP contribution is -2.48. The lowest BCUT2D eigenvalue weighted by molar-refractivity contribution is -0.0135. The number of piperidine rings is 1. The molecule has 4 rings (SSSR count). The fourth-order valence-electron chi connectivity index (χ4n) is 3.43. The van der Waals surface area contributed by atoms with Crippen molar-refractivity contribution in [2.24, 2.45) is 5.73 Å². The first-order valence-electron chi connectivity index (χ1n) is 9.47. The highest BCUT2D eigenvalue weighted by Gasteiger charge is 2.28. The highest BCUT2D eigenvalue weighted by Crippen LogP contribution is 2.33. The van der Waals surface area contributed by atoms with Gasteiger partial charge in [-0.2, -0.15) is 9.36 Å². The fraction of sp³-hybridized carbons (Fsp3) is 0.611. The van der Waals surface area contributed by atoms with Gasteiger partial charge in [0.25, 0.3) is 0 Å². The Bertz CT molecular complexity index is 822. The summed E-state index contributed by atoms with van der Waals surface area (Å²) in [6, 6.07) is 1.77. The van der Waals surface area contributed by atoms with Gasteiger partial charge in [-0.05, 0) is 43.8 Å². The van der Waals surface area contributed by atoms with Crippen LogP contribution in [0.4, 0.5) is 11.8 Å². The minimum atomic E-state index is -0.560. The third kappa shape index (κ3) is 4.38. The van der Waals surface area contributed by atoms with Crippen LogP contribution in [0.25, 0.3) is 10.6 Å². The van der Waals surface area contributed by atoms with E-state index in [9.17, 15) is 5.11 Å². The normalized spacial score (nSPS) is 24.9. The highest BCUT2D eigenvalue weighted by atomic mass is 35.5. The molecule has 0 bridgehead atoms. The van der Waals surface area contributed by atoms with Crippen LogP contribution in [0.2, 0.25) is 5.02 Å². The van der Waals surface area contributed by atoms with Crippen molar-refractivity contribution in [3.8, 4) is 10.6 Å². The van der Waals surface area contributed by atoms with Gasteiger partial charge >= 0.3 is 0 Å². The maximum absolute atomic E-state index is 10.1. The van der Waals surface area contributed by atoms with Gasteiger partial charge in [-0.3, -0.25) is 0 Å². The van der Waals surface area contributed by atoms with Crippen LogP contribution in [-0.2, 0) is 4.74 Å². The summed E-state index contributed by atoms with van der Waals surface area (Å²) in [4.78, 5) is 11.2. The Kier molecular flexibility index (Phi) is 5.71. The average Bonchev–Trinajstić information content (AvgIpc) is 3.15. The number of aliphatic hydroxyl groups is 1. The summed E-state index contributed by atoms with van der Waals surface area (Å²) in [5.41, 5.74) is 6.89. The molecule has 10 heteroatoms. The topological polar surface area (TPSA) is 109 Å². The number of aromatic nitrogens is 3. The molecule has 152 valence electrons. The quantitative estimate of drug-likeness (QED) is 0.684. The fourth-order valence-corrected chi connectivity index (χ4v) is 4.40. The molecule has 0 amide bonds. The Morgan fingerprint density at radius 1 is 1.43 bits per heavy atom. The molecule has 2 aromatic rings. The molecule has 2 aliphatic heterocycles. The zero-order valence-corrected chi connectivity index (χ0v) is 17.3. The number of hydrogen-bond donors (Lipinski definition) is 3. The van der Waals surface area contributed by atoms with Gasteiger partial charge in [-0.15, -0.1) is 0 Å². The van der Waals surface area contributed by atoms with Gasteiger partial charge in [0, 0.05) is 37.0 Å². The predicted molar refractivity (Wildman–Crippen MR) is 111 cm³/mol. The van der Waals surface area contributed by atoms with Crippen LogP contribution in [-0.4, -0.2) is 63.4 Å². The Balaban J connectivity index is 1.50. The van der Waals surface area contributed by atoms with Crippen LogP contribution >= 0.6 is 23.1 Å². The third-order valence-corrected chi connectivity index (χ3v) is 6.39. The second kappa shape index (κ2) is 8.08. The van der Waals surface area contributed by atoms with Crippen LogP contribution in [0.5, 0.6) is 0 Å². The van der Waals surface area contributed by atoms with Crippen molar-refractivity contribution in [3.63, 3.8) is 0 Å². The Morgan fingerprint density at radius 2 is 2.21 bits per heavy atom. The minimum Gasteiger partial charge on any atom is -0.389 e. The van der Waals surface area contributed by atoms with Gasteiger partial charge in [-0.1, -0.05) is 11.6 Å². The third-order valence-electron chi connectivity index (χ3n) is 5.35. The SMILES string of the molecule is CC1(N)CCN(c2nsc(-c3cc(N[C@@H]4CCOC[C@H]4O)ncc3Cl)n2)CC1. The van der Waals surface area contributed by atoms with Gasteiger partial charge in [0.15, 0.2) is 0 Å². The summed E-state index contributed by atoms with van der Waals surface area (Å²) >= 11 is 7.71. The summed E-state index contributed by atoms with van der Waals surface area (Å²) in [5.74, 6) is 1.37. The summed E-state index contributed by atoms with van der Waals surface area (Å²) in [6.07, 6.45) is 3.60. The molecule has 28 heavy (non-hydrogen) atoms. The molecule has 0 aliphatic carbocycles. The number of nitrogens with one attached hydrogen (secondary N) is 1. The summed E-state index contributed by atoms with van der Waals surface area (Å²) in [5, 5.41) is 14.6. The molecular weight excluding hydrogens is 400 g/mol. The number of rotatable bonds is 4. The Morgan fingerprint density at radius 3 is 2.96 bits per heavy atom. The molecule has 0 saturated carbocycles. The molecule has 4 heterocycles. The molecule has 4 N–H and O–H groups in total. The van der Waals surface area contributed by atoms with E-state index < -0.39 is 6.10 Å². The van der Waals surface area contributed by atoms with Crippen LogP contribution in [0, 0.1) is 0 Å². The van der Waals surface area contributed by atoms with E-state index in [4.69, 9.17) is 27.1 Å². The Hall–Kier alpha value is -1.52. The van der Waals surface area contributed by atoms with Gasteiger partial charge in [-0.25, -0.2) is 4.98 Å². The molecule has 8 nitrogen and oxygen atoms in total. The smallest absolute Gasteiger partial charge is 0.237 e. The summed E-state index contributed by atoms with van der Waals surface area (Å²) < 4.78 is 9.80. The predicted octanol–water partition coefficient (Wildman–Crippen LogP) is 2.13. The first kappa shape index (κ1) is 19.8. The molecule has 0 unspecified atom stereocenters. The van der Waals surface area contributed by atoms with Crippen molar-refractivity contribution in [2.75, 3.05) is 36.5 Å². The van der Waals surface area contributed by atoms with E-state index in [1.807, 2.05) is 6.07 Å². The Labute approximate surface area is 173 Å². The number of ether oxygens (including phenoxy) is 1. The number of pyridine rings is 1. The van der Waals surface area contributed by atoms with Gasteiger partial charge in [0.2, 0.25) is 5.95 Å². The molecular formula is C18H25ClN6O2S. The molecule has 0 spiro atoms. The van der Waals surface area contributed by atoms with Gasteiger partial charge < -0.3 is 25.8 Å². The lowest BCUT2D eigenvalue weighted by Gasteiger charge is -2.36. The van der Waals surface area contributed by atoms with Crippen LogP contribution in [0.3, 0.4) is 0 Å². The van der Waals surface area contributed by atoms with Crippen molar-refractivity contribution in [1.29, 1.82) is 0 Å². The standard InChI is InChI=1S/C18H25ClN6O2S/c1-18(20)3-5-25(6-4-18)17-23-16(28-24-17)11-8-15(21-9-12(11)19)22-13-2-7-27-10-14(13)26/h8-9,13-14,26H,2-7,10,20H2,1H3,(H,21,22)/t13-,14-/m1/s1. The van der Waals surface area contributed by atoms with Crippen LogP contribution in [0.15, 0.2) is 12.3 Å². The second-order valence-corrected chi connectivity index (χ2v) is 8.93. The van der Waals surface area contributed by atoms with E-state index in [2.05, 4.69) is 26.5 Å². The molecule has 2 saturated heterocycles. The monoisotopic (exact) mass is 424 g/mol. The highest BCUT2D eigenvalue weighted by molar-refractivity contribution is 7.09. The van der Waals surface area contributed by atoms with Crippen molar-refractivity contribution < 1.29 is 9.84 Å². The average molecular weight is 425 g/mol. The second-order valence-electron chi connectivity index (χ2n) is 7.77. The first-order valence-corrected chi connectivity index (χ1v) is 10.6. The van der Waals surface area contributed by atoms with E-state index in [1.54, 1.807) is 6.20 Å². The van der Waals surface area contributed by atoms with Crippen molar-refractivity contribution in [1.82, 2.24) is 14.3 Å². The summed E-state index contributed by atoms with van der Waals surface area (Å²) in [7, 11) is 0. The molecule has 2 atom stereocenters. The molecule has 2 aromatic heterocycles. The van der Waals surface area contributed by atoms with Gasteiger partial charge in [0.1, 0.15) is 10.8 Å². The van der Waals surface area contributed by atoms with E-state index in [1.165, 1.54) is 11.5 Å². The van der Waals surface area contributed by atoms with Crippen molar-refractivity contribution >= 4 is 34.9 Å². The minimum absolute atomic E-state index is 0.0980. The summed E-state index contributed by atoms with van der Waals surface area (Å²) in [6.45, 7) is 4.73. The number of nitrogens with zero attached hydrogens (tertiary/aromatic N) is 4. The number of aliphatic hydroxyl groups excluding tert-OH is 1. The number of nitrogens with two attached hydrogens (primary N) is 1. The molecule has 2 aliphatic rings. The van der Waals surface area contributed by atoms with Gasteiger partial charge in [0.05, 0.1) is 23.8 Å². The largest absolute Gasteiger partial charge is 0.389 e. The van der Waals surface area contributed by atoms with E-state index >= 15 is 0 Å². The lowest BCUT2D eigenvalue weighted by atomic mass is 9.91. The van der Waals surface area contributed by atoms with E-state index in [0.29, 0.717) is 24.1 Å².